The number of aromatic nitrogens is 1. The summed E-state index contributed by atoms with van der Waals surface area (Å²) >= 11 is 0. The van der Waals surface area contributed by atoms with Crippen molar-refractivity contribution in [3.63, 3.8) is 0 Å². The molecule has 1 aromatic carbocycles. The number of nitrogens with zero attached hydrogens (tertiary/aromatic N) is 3. The summed E-state index contributed by atoms with van der Waals surface area (Å²) in [5, 5.41) is 8.11. The fourth-order valence-electron chi connectivity index (χ4n) is 3.72. The first-order chi connectivity index (χ1) is 13.6. The Kier molecular flexibility index (Phi) is 6.95. The van der Waals surface area contributed by atoms with Crippen LogP contribution >= 0.6 is 0 Å². The number of benzene rings is 1. The smallest absolute Gasteiger partial charge is 0.225 e. The molecule has 28 heavy (non-hydrogen) atoms. The van der Waals surface area contributed by atoms with E-state index in [0.29, 0.717) is 0 Å². The van der Waals surface area contributed by atoms with Crippen LogP contribution in [0.4, 0.5) is 0 Å². The van der Waals surface area contributed by atoms with Gasteiger partial charge in [-0.3, -0.25) is 9.79 Å². The summed E-state index contributed by atoms with van der Waals surface area (Å²) in [6.45, 7) is 10.1. The maximum atomic E-state index is 12.2. The van der Waals surface area contributed by atoms with E-state index < -0.39 is 0 Å². The first-order valence-corrected chi connectivity index (χ1v) is 10.5. The molecular weight excluding hydrogens is 350 g/mol. The molecule has 2 N–H and O–H groups in total. The Hall–Kier alpha value is -2.50. The largest absolute Gasteiger partial charge is 0.357 e. The van der Waals surface area contributed by atoms with Gasteiger partial charge in [-0.15, -0.1) is 0 Å². The highest BCUT2D eigenvalue weighted by atomic mass is 16.2. The summed E-state index contributed by atoms with van der Waals surface area (Å²) in [7, 11) is 0. The van der Waals surface area contributed by atoms with Gasteiger partial charge >= 0.3 is 0 Å². The highest BCUT2D eigenvalue weighted by molar-refractivity contribution is 5.81. The molecule has 152 valence electrons. The molecule has 0 saturated carbocycles. The third kappa shape index (κ3) is 5.06. The molecule has 3 rings (SSSR count). The van der Waals surface area contributed by atoms with Gasteiger partial charge in [-0.2, -0.15) is 0 Å². The number of rotatable bonds is 7. The van der Waals surface area contributed by atoms with Crippen LogP contribution < -0.4 is 10.6 Å². The fourth-order valence-corrected chi connectivity index (χ4v) is 3.72. The topological polar surface area (TPSA) is 61.7 Å². The first kappa shape index (κ1) is 20.2. The number of fused-ring (bicyclic) bond motifs is 1. The SMILES string of the molecule is CCNC(=NCCCn1ccc2ccccc21)NC1CCN(C(=O)C(C)C)C1. The van der Waals surface area contributed by atoms with Gasteiger partial charge in [0.15, 0.2) is 5.96 Å². The zero-order valence-corrected chi connectivity index (χ0v) is 17.3. The summed E-state index contributed by atoms with van der Waals surface area (Å²) in [6, 6.07) is 10.9. The third-order valence-corrected chi connectivity index (χ3v) is 5.19. The van der Waals surface area contributed by atoms with Crippen molar-refractivity contribution in [3.8, 4) is 0 Å². The van der Waals surface area contributed by atoms with E-state index in [-0.39, 0.29) is 17.9 Å². The Morgan fingerprint density at radius 1 is 1.29 bits per heavy atom. The Labute approximate surface area is 168 Å². The molecule has 2 aromatic rings. The van der Waals surface area contributed by atoms with Crippen LogP contribution in [-0.2, 0) is 11.3 Å². The van der Waals surface area contributed by atoms with Crippen molar-refractivity contribution in [1.29, 1.82) is 0 Å². The number of para-hydroxylation sites is 1. The van der Waals surface area contributed by atoms with E-state index in [1.54, 1.807) is 0 Å². The predicted octanol–water partition coefficient (Wildman–Crippen LogP) is 2.84. The molecule has 6 nitrogen and oxygen atoms in total. The maximum absolute atomic E-state index is 12.2. The standard InChI is InChI=1S/C22H33N5O/c1-4-23-22(25-19-11-15-27(16-19)21(28)17(2)3)24-12-7-13-26-14-10-18-8-5-6-9-20(18)26/h5-6,8-10,14,17,19H,4,7,11-13,15-16H2,1-3H3,(H2,23,24,25). The lowest BCUT2D eigenvalue weighted by molar-refractivity contribution is -0.133. The Morgan fingerprint density at radius 3 is 2.89 bits per heavy atom. The Balaban J connectivity index is 1.50. The second-order valence-electron chi connectivity index (χ2n) is 7.75. The van der Waals surface area contributed by atoms with Crippen LogP contribution in [0.2, 0.25) is 0 Å². The number of amides is 1. The highest BCUT2D eigenvalue weighted by Gasteiger charge is 2.27. The summed E-state index contributed by atoms with van der Waals surface area (Å²) in [6.07, 6.45) is 4.10. The first-order valence-electron chi connectivity index (χ1n) is 10.5. The zero-order valence-electron chi connectivity index (χ0n) is 17.3. The number of carbonyl (C=O) groups excluding carboxylic acids is 1. The van der Waals surface area contributed by atoms with Crippen molar-refractivity contribution < 1.29 is 4.79 Å². The highest BCUT2D eigenvalue weighted by Crippen LogP contribution is 2.15. The van der Waals surface area contributed by atoms with Gasteiger partial charge in [0, 0.05) is 56.4 Å². The number of aryl methyl sites for hydroxylation is 1. The molecule has 0 spiro atoms. The van der Waals surface area contributed by atoms with Crippen LogP contribution in [-0.4, -0.2) is 53.6 Å². The van der Waals surface area contributed by atoms with Crippen molar-refractivity contribution in [1.82, 2.24) is 20.1 Å². The molecule has 6 heteroatoms. The van der Waals surface area contributed by atoms with Crippen LogP contribution in [0.5, 0.6) is 0 Å². The van der Waals surface area contributed by atoms with Gasteiger partial charge in [0.25, 0.3) is 0 Å². The van der Waals surface area contributed by atoms with E-state index in [9.17, 15) is 4.79 Å². The molecule has 1 aliphatic heterocycles. The van der Waals surface area contributed by atoms with Crippen LogP contribution in [0.25, 0.3) is 10.9 Å². The van der Waals surface area contributed by atoms with Gasteiger partial charge in [0.2, 0.25) is 5.91 Å². The molecular formula is C22H33N5O. The van der Waals surface area contributed by atoms with Crippen LogP contribution in [0.1, 0.15) is 33.6 Å². The van der Waals surface area contributed by atoms with E-state index in [4.69, 9.17) is 4.99 Å². The predicted molar refractivity (Wildman–Crippen MR) is 115 cm³/mol. The molecule has 1 saturated heterocycles. The monoisotopic (exact) mass is 383 g/mol. The number of aliphatic imine (C=N–C) groups is 1. The maximum Gasteiger partial charge on any atom is 0.225 e. The van der Waals surface area contributed by atoms with Gasteiger partial charge in [0.05, 0.1) is 0 Å². The second-order valence-corrected chi connectivity index (χ2v) is 7.75. The average Bonchev–Trinajstić information content (AvgIpc) is 3.32. The van der Waals surface area contributed by atoms with E-state index >= 15 is 0 Å². The molecule has 1 aromatic heterocycles. The molecule has 0 radical (unpaired) electrons. The Morgan fingerprint density at radius 2 is 2.11 bits per heavy atom. The van der Waals surface area contributed by atoms with E-state index in [2.05, 4.69) is 58.7 Å². The van der Waals surface area contributed by atoms with Crippen molar-refractivity contribution in [2.45, 2.75) is 46.2 Å². The molecule has 0 aliphatic carbocycles. The van der Waals surface area contributed by atoms with Crippen LogP contribution in [0.15, 0.2) is 41.5 Å². The lowest BCUT2D eigenvalue weighted by Crippen LogP contribution is -2.45. The van der Waals surface area contributed by atoms with Crippen LogP contribution in [0.3, 0.4) is 0 Å². The summed E-state index contributed by atoms with van der Waals surface area (Å²) in [4.78, 5) is 18.9. The number of nitrogens with one attached hydrogen (secondary N) is 2. The molecule has 2 heterocycles. The van der Waals surface area contributed by atoms with Crippen molar-refractivity contribution in [3.05, 3.63) is 36.5 Å². The minimum atomic E-state index is 0.0606. The molecule has 1 atom stereocenters. The molecule has 0 bridgehead atoms. The van der Waals surface area contributed by atoms with Gasteiger partial charge in [-0.25, -0.2) is 0 Å². The number of guanidine groups is 1. The zero-order chi connectivity index (χ0) is 19.9. The molecule has 1 amide bonds. The lowest BCUT2D eigenvalue weighted by Gasteiger charge is -2.20. The number of likely N-dealkylation sites (tertiary alicyclic amines) is 1. The van der Waals surface area contributed by atoms with Crippen molar-refractivity contribution in [2.24, 2.45) is 10.9 Å². The minimum absolute atomic E-state index is 0.0606. The third-order valence-electron chi connectivity index (χ3n) is 5.19. The number of hydrogen-bond acceptors (Lipinski definition) is 2. The van der Waals surface area contributed by atoms with Crippen LogP contribution in [0, 0.1) is 5.92 Å². The van der Waals surface area contributed by atoms with E-state index in [1.165, 1.54) is 10.9 Å². The summed E-state index contributed by atoms with van der Waals surface area (Å²) in [5.41, 5.74) is 1.28. The summed E-state index contributed by atoms with van der Waals surface area (Å²) < 4.78 is 2.29. The normalized spacial score (nSPS) is 17.5. The van der Waals surface area contributed by atoms with Gasteiger partial charge in [-0.05, 0) is 37.3 Å². The average molecular weight is 384 g/mol. The molecule has 1 aliphatic rings. The molecule has 1 fully saturated rings. The number of carbonyl (C=O) groups is 1. The quantitative estimate of drug-likeness (QED) is 0.439. The van der Waals surface area contributed by atoms with Gasteiger partial charge in [-0.1, -0.05) is 32.0 Å². The fraction of sp³-hybridized carbons (Fsp3) is 0.545. The molecule has 1 unspecified atom stereocenters. The lowest BCUT2D eigenvalue weighted by atomic mass is 10.2. The van der Waals surface area contributed by atoms with E-state index in [0.717, 1.165) is 51.5 Å². The summed E-state index contributed by atoms with van der Waals surface area (Å²) in [5.74, 6) is 1.15. The van der Waals surface area contributed by atoms with Gasteiger partial charge in [0.1, 0.15) is 0 Å². The Bertz CT molecular complexity index is 810. The van der Waals surface area contributed by atoms with E-state index in [1.807, 2.05) is 18.7 Å². The minimum Gasteiger partial charge on any atom is -0.357 e. The second kappa shape index (κ2) is 9.62. The van der Waals surface area contributed by atoms with Crippen molar-refractivity contribution >= 4 is 22.8 Å². The van der Waals surface area contributed by atoms with Crippen molar-refractivity contribution in [2.75, 3.05) is 26.2 Å². The van der Waals surface area contributed by atoms with Gasteiger partial charge < -0.3 is 20.1 Å². The number of hydrogen-bond donors (Lipinski definition) is 2.